The summed E-state index contributed by atoms with van der Waals surface area (Å²) in [5.41, 5.74) is 0.415. The number of alkyl halides is 3. The van der Waals surface area contributed by atoms with Gasteiger partial charge in [-0.2, -0.15) is 13.2 Å². The molecule has 24 heavy (non-hydrogen) atoms. The van der Waals surface area contributed by atoms with Gasteiger partial charge in [-0.3, -0.25) is 4.90 Å². The van der Waals surface area contributed by atoms with Gasteiger partial charge in [0.15, 0.2) is 11.5 Å². The molecule has 0 radical (unpaired) electrons. The van der Waals surface area contributed by atoms with Crippen LogP contribution in [0.2, 0.25) is 0 Å². The van der Waals surface area contributed by atoms with E-state index in [1.165, 1.54) is 25.6 Å². The van der Waals surface area contributed by atoms with Crippen molar-refractivity contribution >= 4 is 17.0 Å². The number of anilines is 1. The smallest absolute Gasteiger partial charge is 0.367 e. The van der Waals surface area contributed by atoms with Crippen LogP contribution < -0.4 is 5.32 Å². The molecule has 0 amide bonds. The van der Waals surface area contributed by atoms with Crippen molar-refractivity contribution in [1.82, 2.24) is 24.8 Å². The zero-order chi connectivity index (χ0) is 17.2. The molecule has 3 heterocycles. The van der Waals surface area contributed by atoms with Crippen molar-refractivity contribution in [1.29, 1.82) is 0 Å². The summed E-state index contributed by atoms with van der Waals surface area (Å²) in [7, 11) is 0. The Kier molecular flexibility index (Phi) is 4.88. The second-order valence-electron chi connectivity index (χ2n) is 6.02. The van der Waals surface area contributed by atoms with Crippen molar-refractivity contribution in [2.45, 2.75) is 44.8 Å². The van der Waals surface area contributed by atoms with E-state index in [4.69, 9.17) is 0 Å². The summed E-state index contributed by atoms with van der Waals surface area (Å²) in [5, 5.41) is 3.01. The highest BCUT2D eigenvalue weighted by Crippen LogP contribution is 2.29. The van der Waals surface area contributed by atoms with E-state index < -0.39 is 12.0 Å². The maximum Gasteiger partial charge on any atom is 0.451 e. The van der Waals surface area contributed by atoms with Crippen LogP contribution in [0, 0.1) is 0 Å². The molecule has 0 aliphatic carbocycles. The first-order valence-corrected chi connectivity index (χ1v) is 8.25. The van der Waals surface area contributed by atoms with Crippen molar-refractivity contribution in [2.75, 3.05) is 25.0 Å². The molecule has 2 aromatic heterocycles. The number of H-pyrrole nitrogens is 1. The molecule has 132 valence electrons. The minimum Gasteiger partial charge on any atom is -0.367 e. The Hall–Kier alpha value is -1.90. The van der Waals surface area contributed by atoms with Gasteiger partial charge in [-0.15, -0.1) is 0 Å². The Bertz CT molecular complexity index is 683. The first-order valence-electron chi connectivity index (χ1n) is 8.25. The molecule has 6 nitrogen and oxygen atoms in total. The van der Waals surface area contributed by atoms with E-state index in [0.29, 0.717) is 18.1 Å². The number of fused-ring (bicyclic) bond motifs is 1. The summed E-state index contributed by atoms with van der Waals surface area (Å²) < 4.78 is 38.7. The van der Waals surface area contributed by atoms with E-state index in [9.17, 15) is 13.2 Å². The van der Waals surface area contributed by atoms with E-state index in [0.717, 1.165) is 19.5 Å². The lowest BCUT2D eigenvalue weighted by Gasteiger charge is -2.35. The molecule has 9 heteroatoms. The van der Waals surface area contributed by atoms with Crippen LogP contribution in [0.1, 0.15) is 38.4 Å². The van der Waals surface area contributed by atoms with Gasteiger partial charge in [0.05, 0.1) is 6.33 Å². The molecule has 2 aromatic rings. The number of aromatic amines is 1. The van der Waals surface area contributed by atoms with Crippen molar-refractivity contribution < 1.29 is 13.2 Å². The van der Waals surface area contributed by atoms with E-state index in [1.54, 1.807) is 0 Å². The lowest BCUT2D eigenvalue weighted by molar-refractivity contribution is -0.144. The molecule has 0 saturated carbocycles. The highest BCUT2D eigenvalue weighted by Gasteiger charge is 2.36. The Morgan fingerprint density at radius 2 is 2.17 bits per heavy atom. The van der Waals surface area contributed by atoms with Gasteiger partial charge in [0, 0.05) is 19.1 Å². The lowest BCUT2D eigenvalue weighted by Crippen LogP contribution is -2.41. The van der Waals surface area contributed by atoms with Gasteiger partial charge in [0.25, 0.3) is 0 Å². The third kappa shape index (κ3) is 3.61. The van der Waals surface area contributed by atoms with E-state index in [-0.39, 0.29) is 11.5 Å². The van der Waals surface area contributed by atoms with Crippen LogP contribution in [0.3, 0.4) is 0 Å². The summed E-state index contributed by atoms with van der Waals surface area (Å²) in [4.78, 5) is 16.1. The zero-order valence-corrected chi connectivity index (χ0v) is 13.5. The fourth-order valence-corrected chi connectivity index (χ4v) is 3.22. The van der Waals surface area contributed by atoms with Crippen molar-refractivity contribution in [3.05, 3.63) is 12.2 Å². The number of nitrogens with zero attached hydrogens (tertiary/aromatic N) is 4. The van der Waals surface area contributed by atoms with Crippen LogP contribution >= 0.6 is 0 Å². The molecule has 0 aromatic carbocycles. The fourth-order valence-electron chi connectivity index (χ4n) is 3.22. The molecule has 0 bridgehead atoms. The van der Waals surface area contributed by atoms with Crippen LogP contribution in [-0.4, -0.2) is 50.5 Å². The van der Waals surface area contributed by atoms with Gasteiger partial charge < -0.3 is 10.3 Å². The lowest BCUT2D eigenvalue weighted by atomic mass is 10.0. The number of halogens is 3. The van der Waals surface area contributed by atoms with E-state index >= 15 is 0 Å². The Balaban J connectivity index is 1.71. The minimum atomic E-state index is -4.59. The van der Waals surface area contributed by atoms with Crippen LogP contribution in [0.25, 0.3) is 11.2 Å². The number of piperidine rings is 1. The largest absolute Gasteiger partial charge is 0.451 e. The first kappa shape index (κ1) is 16.9. The molecule has 1 aliphatic heterocycles. The summed E-state index contributed by atoms with van der Waals surface area (Å²) in [6.45, 7) is 4.51. The van der Waals surface area contributed by atoms with Crippen LogP contribution in [0.5, 0.6) is 0 Å². The minimum absolute atomic E-state index is 0.0178. The Morgan fingerprint density at radius 1 is 1.33 bits per heavy atom. The Labute approximate surface area is 137 Å². The SMILES string of the molecule is CC[C@@H]1CCCCN1CCNc1nc(C(F)(F)F)nc2nc[nH]c12. The monoisotopic (exact) mass is 342 g/mol. The summed E-state index contributed by atoms with van der Waals surface area (Å²) in [6.07, 6.45) is 1.43. The van der Waals surface area contributed by atoms with Gasteiger partial charge >= 0.3 is 6.18 Å². The van der Waals surface area contributed by atoms with Gasteiger partial charge in [0.1, 0.15) is 5.52 Å². The van der Waals surface area contributed by atoms with Crippen LogP contribution in [0.4, 0.5) is 19.0 Å². The molecular weight excluding hydrogens is 321 g/mol. The van der Waals surface area contributed by atoms with Crippen LogP contribution in [-0.2, 0) is 6.18 Å². The second-order valence-corrected chi connectivity index (χ2v) is 6.02. The topological polar surface area (TPSA) is 69.7 Å². The molecule has 1 fully saturated rings. The summed E-state index contributed by atoms with van der Waals surface area (Å²) in [5.74, 6) is -1.02. The molecule has 0 unspecified atom stereocenters. The molecule has 0 spiro atoms. The molecule has 1 saturated heterocycles. The van der Waals surface area contributed by atoms with Crippen molar-refractivity contribution in [2.24, 2.45) is 0 Å². The van der Waals surface area contributed by atoms with Crippen molar-refractivity contribution in [3.63, 3.8) is 0 Å². The molecule has 3 rings (SSSR count). The average molecular weight is 342 g/mol. The number of hydrogen-bond donors (Lipinski definition) is 2. The normalized spacial score (nSPS) is 19.8. The Morgan fingerprint density at radius 3 is 2.92 bits per heavy atom. The molecule has 1 atom stereocenters. The van der Waals surface area contributed by atoms with Gasteiger partial charge in [0.2, 0.25) is 5.82 Å². The average Bonchev–Trinajstić information content (AvgIpc) is 3.03. The third-order valence-corrected chi connectivity index (χ3v) is 4.45. The van der Waals surface area contributed by atoms with Gasteiger partial charge in [-0.1, -0.05) is 13.3 Å². The maximum atomic E-state index is 12.9. The van der Waals surface area contributed by atoms with Gasteiger partial charge in [-0.25, -0.2) is 15.0 Å². The van der Waals surface area contributed by atoms with Gasteiger partial charge in [-0.05, 0) is 25.8 Å². The highest BCUT2D eigenvalue weighted by atomic mass is 19.4. The van der Waals surface area contributed by atoms with E-state index in [2.05, 4.69) is 37.1 Å². The van der Waals surface area contributed by atoms with Crippen LogP contribution in [0.15, 0.2) is 6.33 Å². The molecule has 2 N–H and O–H groups in total. The predicted molar refractivity (Wildman–Crippen MR) is 84.7 cm³/mol. The highest BCUT2D eigenvalue weighted by molar-refractivity contribution is 5.82. The number of nitrogens with one attached hydrogen (secondary N) is 2. The quantitative estimate of drug-likeness (QED) is 0.874. The third-order valence-electron chi connectivity index (χ3n) is 4.45. The zero-order valence-electron chi connectivity index (χ0n) is 13.5. The standard InChI is InChI=1S/C15H21F3N6/c1-2-10-5-3-4-7-24(10)8-6-19-12-11-13(21-9-20-11)23-14(22-12)15(16,17)18/h9-10H,2-8H2,1H3,(H2,19,20,21,22,23)/t10-/m1/s1. The fraction of sp³-hybridized carbons (Fsp3) is 0.667. The number of likely N-dealkylation sites (tertiary alicyclic amines) is 1. The number of imidazole rings is 1. The predicted octanol–water partition coefficient (Wildman–Crippen LogP) is 3.05. The molecular formula is C15H21F3N6. The summed E-state index contributed by atoms with van der Waals surface area (Å²) in [6, 6.07) is 0.559. The number of rotatable bonds is 5. The second kappa shape index (κ2) is 6.92. The van der Waals surface area contributed by atoms with E-state index in [1.807, 2.05) is 0 Å². The molecule has 1 aliphatic rings. The van der Waals surface area contributed by atoms with Crippen molar-refractivity contribution in [3.8, 4) is 0 Å². The summed E-state index contributed by atoms with van der Waals surface area (Å²) >= 11 is 0. The first-order chi connectivity index (χ1) is 11.5. The maximum absolute atomic E-state index is 12.9. The number of aromatic nitrogens is 4. The number of hydrogen-bond acceptors (Lipinski definition) is 5.